The Morgan fingerprint density at radius 3 is 3.00 bits per heavy atom. The molecule has 2 N–H and O–H groups in total. The van der Waals surface area contributed by atoms with Crippen LogP contribution in [-0.2, 0) is 24.1 Å². The Labute approximate surface area is 122 Å². The molecule has 1 amide bonds. The number of aliphatic hydroxyl groups excluding tert-OH is 1. The number of rotatable bonds is 4. The summed E-state index contributed by atoms with van der Waals surface area (Å²) in [5.41, 5.74) is 3.97. The number of thiophene rings is 1. The van der Waals surface area contributed by atoms with E-state index >= 15 is 0 Å². The second-order valence-corrected chi connectivity index (χ2v) is 6.12. The Morgan fingerprint density at radius 2 is 2.30 bits per heavy atom. The summed E-state index contributed by atoms with van der Waals surface area (Å²) >= 11 is 1.66. The minimum atomic E-state index is -0.514. The Bertz CT molecular complexity index is 634. The highest BCUT2D eigenvalue weighted by Crippen LogP contribution is 2.32. The second-order valence-electron chi connectivity index (χ2n) is 5.09. The number of hydrogen-bond donors (Lipinski definition) is 2. The number of benzene rings is 1. The first-order valence-electron chi connectivity index (χ1n) is 6.83. The van der Waals surface area contributed by atoms with Crippen LogP contribution in [0.3, 0.4) is 0 Å². The smallest absolute Gasteiger partial charge is 0.228 e. The molecule has 0 aliphatic carbocycles. The quantitative estimate of drug-likeness (QED) is 0.908. The minimum Gasteiger partial charge on any atom is -0.388 e. The van der Waals surface area contributed by atoms with Crippen LogP contribution in [0.25, 0.3) is 0 Å². The molecule has 0 saturated carbocycles. The van der Waals surface area contributed by atoms with Crippen LogP contribution in [0.15, 0.2) is 29.6 Å². The van der Waals surface area contributed by atoms with E-state index in [9.17, 15) is 9.90 Å². The molecular weight excluding hydrogens is 270 g/mol. The summed E-state index contributed by atoms with van der Waals surface area (Å²) in [6.45, 7) is 2.07. The van der Waals surface area contributed by atoms with Gasteiger partial charge in [0, 0.05) is 17.0 Å². The van der Waals surface area contributed by atoms with Gasteiger partial charge in [-0.25, -0.2) is 0 Å². The van der Waals surface area contributed by atoms with Gasteiger partial charge in [0.1, 0.15) is 0 Å². The van der Waals surface area contributed by atoms with Gasteiger partial charge in [-0.2, -0.15) is 0 Å². The fourth-order valence-corrected chi connectivity index (χ4v) is 3.40. The van der Waals surface area contributed by atoms with Gasteiger partial charge in [0.2, 0.25) is 5.91 Å². The molecule has 2 heterocycles. The molecule has 2 aromatic rings. The molecule has 0 saturated heterocycles. The first-order chi connectivity index (χ1) is 9.67. The van der Waals surface area contributed by atoms with Crippen LogP contribution in [0.4, 0.5) is 5.69 Å². The predicted molar refractivity (Wildman–Crippen MR) is 81.1 cm³/mol. The van der Waals surface area contributed by atoms with Crippen molar-refractivity contribution in [2.24, 2.45) is 0 Å². The molecule has 1 unspecified atom stereocenters. The van der Waals surface area contributed by atoms with Crippen molar-refractivity contribution in [3.8, 4) is 0 Å². The number of carbonyl (C=O) groups is 1. The van der Waals surface area contributed by atoms with Gasteiger partial charge < -0.3 is 10.4 Å². The van der Waals surface area contributed by atoms with E-state index in [0.29, 0.717) is 12.8 Å². The summed E-state index contributed by atoms with van der Waals surface area (Å²) < 4.78 is 0. The number of nitrogens with one attached hydrogen (secondary N) is 1. The minimum absolute atomic E-state index is 0.0413. The summed E-state index contributed by atoms with van der Waals surface area (Å²) in [5.74, 6) is 0.0413. The van der Waals surface area contributed by atoms with Crippen LogP contribution in [-0.4, -0.2) is 11.0 Å². The third-order valence-electron chi connectivity index (χ3n) is 3.68. The summed E-state index contributed by atoms with van der Waals surface area (Å²) in [6, 6.07) is 8.01. The zero-order valence-corrected chi connectivity index (χ0v) is 12.2. The maximum atomic E-state index is 11.5. The lowest BCUT2D eigenvalue weighted by atomic mass is 9.97. The van der Waals surface area contributed by atoms with Crippen molar-refractivity contribution >= 4 is 22.9 Å². The molecule has 1 atom stereocenters. The molecule has 104 valence electrons. The first-order valence-corrected chi connectivity index (χ1v) is 7.71. The van der Waals surface area contributed by atoms with E-state index in [-0.39, 0.29) is 5.91 Å². The number of aryl methyl sites for hydroxylation is 1. The van der Waals surface area contributed by atoms with Gasteiger partial charge in [-0.1, -0.05) is 25.1 Å². The van der Waals surface area contributed by atoms with Gasteiger partial charge in [0.25, 0.3) is 0 Å². The lowest BCUT2D eigenvalue weighted by Crippen LogP contribution is -2.05. The van der Waals surface area contributed by atoms with Gasteiger partial charge >= 0.3 is 0 Å². The number of carbonyl (C=O) groups excluding carboxylic acids is 1. The van der Waals surface area contributed by atoms with Crippen LogP contribution in [0.5, 0.6) is 0 Å². The van der Waals surface area contributed by atoms with E-state index in [1.54, 1.807) is 11.3 Å². The van der Waals surface area contributed by atoms with Crippen molar-refractivity contribution in [2.75, 3.05) is 5.32 Å². The number of aliphatic hydroxyl groups is 1. The zero-order valence-electron chi connectivity index (χ0n) is 11.3. The fraction of sp³-hybridized carbons (Fsp3) is 0.312. The average Bonchev–Trinajstić information content (AvgIpc) is 3.05. The SMILES string of the molecule is CCc1cc(C(O)Cc2cccs2)cc2c1NC(=O)C2. The van der Waals surface area contributed by atoms with Crippen molar-refractivity contribution in [1.29, 1.82) is 0 Å². The molecule has 0 radical (unpaired) electrons. The summed E-state index contributed by atoms with van der Waals surface area (Å²) in [4.78, 5) is 12.7. The molecule has 1 aromatic carbocycles. The predicted octanol–water partition coefficient (Wildman–Crippen LogP) is 3.08. The van der Waals surface area contributed by atoms with Crippen molar-refractivity contribution in [1.82, 2.24) is 0 Å². The van der Waals surface area contributed by atoms with E-state index in [1.807, 2.05) is 29.6 Å². The van der Waals surface area contributed by atoms with E-state index in [2.05, 4.69) is 12.2 Å². The molecule has 4 heteroatoms. The van der Waals surface area contributed by atoms with Gasteiger partial charge in [-0.15, -0.1) is 11.3 Å². The summed E-state index contributed by atoms with van der Waals surface area (Å²) in [7, 11) is 0. The van der Waals surface area contributed by atoms with Gasteiger partial charge in [0.05, 0.1) is 12.5 Å². The molecule has 3 rings (SSSR count). The maximum Gasteiger partial charge on any atom is 0.228 e. The highest BCUT2D eigenvalue weighted by Gasteiger charge is 2.22. The number of anilines is 1. The Balaban J connectivity index is 1.90. The molecular formula is C16H17NO2S. The third-order valence-corrected chi connectivity index (χ3v) is 4.58. The highest BCUT2D eigenvalue weighted by atomic mass is 32.1. The average molecular weight is 287 g/mol. The van der Waals surface area contributed by atoms with E-state index in [1.165, 1.54) is 4.88 Å². The number of amides is 1. The fourth-order valence-electron chi connectivity index (χ4n) is 2.66. The first kappa shape index (κ1) is 13.3. The molecule has 1 aliphatic rings. The van der Waals surface area contributed by atoms with E-state index in [0.717, 1.165) is 28.8 Å². The van der Waals surface area contributed by atoms with E-state index in [4.69, 9.17) is 0 Å². The lowest BCUT2D eigenvalue weighted by Gasteiger charge is -2.14. The number of fused-ring (bicyclic) bond motifs is 1. The third kappa shape index (κ3) is 2.49. The van der Waals surface area contributed by atoms with Crippen LogP contribution >= 0.6 is 11.3 Å². The molecule has 1 aliphatic heterocycles. The Kier molecular flexibility index (Phi) is 3.59. The molecule has 3 nitrogen and oxygen atoms in total. The van der Waals surface area contributed by atoms with Gasteiger partial charge in [-0.05, 0) is 34.6 Å². The van der Waals surface area contributed by atoms with Gasteiger partial charge in [0.15, 0.2) is 0 Å². The van der Waals surface area contributed by atoms with Crippen molar-refractivity contribution in [3.05, 3.63) is 51.2 Å². The summed E-state index contributed by atoms with van der Waals surface area (Å²) in [6.07, 6.45) is 1.38. The molecule has 0 bridgehead atoms. The summed E-state index contributed by atoms with van der Waals surface area (Å²) in [5, 5.41) is 15.3. The second kappa shape index (κ2) is 5.38. The van der Waals surface area contributed by atoms with Crippen LogP contribution in [0.1, 0.15) is 34.6 Å². The van der Waals surface area contributed by atoms with Crippen molar-refractivity contribution in [3.63, 3.8) is 0 Å². The molecule has 0 spiro atoms. The largest absolute Gasteiger partial charge is 0.388 e. The topological polar surface area (TPSA) is 49.3 Å². The highest BCUT2D eigenvalue weighted by molar-refractivity contribution is 7.09. The lowest BCUT2D eigenvalue weighted by molar-refractivity contribution is -0.115. The number of hydrogen-bond acceptors (Lipinski definition) is 3. The van der Waals surface area contributed by atoms with Crippen molar-refractivity contribution < 1.29 is 9.90 Å². The van der Waals surface area contributed by atoms with Crippen molar-refractivity contribution in [2.45, 2.75) is 32.3 Å². The molecule has 0 fully saturated rings. The standard InChI is InChI=1S/C16H17NO2S/c1-2-10-6-11(7-12-8-15(19)17-16(10)12)14(18)9-13-4-3-5-20-13/h3-7,14,18H,2,8-9H2,1H3,(H,17,19). The van der Waals surface area contributed by atoms with Crippen LogP contribution < -0.4 is 5.32 Å². The zero-order chi connectivity index (χ0) is 14.1. The Hall–Kier alpha value is -1.65. The van der Waals surface area contributed by atoms with Gasteiger partial charge in [-0.3, -0.25) is 4.79 Å². The molecule has 1 aromatic heterocycles. The maximum absolute atomic E-state index is 11.5. The van der Waals surface area contributed by atoms with Crippen LogP contribution in [0.2, 0.25) is 0 Å². The van der Waals surface area contributed by atoms with Crippen LogP contribution in [0, 0.1) is 0 Å². The van der Waals surface area contributed by atoms with E-state index < -0.39 is 6.10 Å². The normalized spacial score (nSPS) is 15.0. The monoisotopic (exact) mass is 287 g/mol. The Morgan fingerprint density at radius 1 is 1.45 bits per heavy atom. The molecule has 20 heavy (non-hydrogen) atoms.